The Bertz CT molecular complexity index is 457. The monoisotopic (exact) mass is 329 g/mol. The Balaban J connectivity index is 0.00000112. The second kappa shape index (κ2) is 4.61. The fourth-order valence-electron chi connectivity index (χ4n) is 1.75. The molecule has 0 unspecified atom stereocenters. The maximum Gasteiger partial charge on any atom is 0.354 e. The van der Waals surface area contributed by atoms with Crippen molar-refractivity contribution in [2.45, 2.75) is 19.6 Å². The molecule has 0 aliphatic heterocycles. The fraction of sp³-hybridized carbons (Fsp3) is 0.250. The zero-order chi connectivity index (χ0) is 10.2. The molecule has 1 heterocycles. The third-order valence-electron chi connectivity index (χ3n) is 2.43. The Kier molecular flexibility index (Phi) is 3.89. The molecule has 15 heavy (non-hydrogen) atoms. The fourth-order valence-corrected chi connectivity index (χ4v) is 3.21. The van der Waals surface area contributed by atoms with Crippen molar-refractivity contribution in [2.75, 3.05) is 0 Å². The minimum Gasteiger partial charge on any atom is -1.00 e. The van der Waals surface area contributed by atoms with Gasteiger partial charge >= 0.3 is 8.24 Å². The third-order valence-corrected chi connectivity index (χ3v) is 4.27. The zero-order valence-corrected chi connectivity index (χ0v) is 12.5. The molecule has 1 nitrogen and oxygen atoms in total. The molecule has 0 spiro atoms. The van der Waals surface area contributed by atoms with E-state index in [1.54, 1.807) is 0 Å². The first-order valence-electron chi connectivity index (χ1n) is 4.99. The lowest BCUT2D eigenvalue weighted by molar-refractivity contribution is -0.515. The van der Waals surface area contributed by atoms with Crippen molar-refractivity contribution < 1.29 is 28.2 Å². The van der Waals surface area contributed by atoms with Gasteiger partial charge < -0.3 is 24.0 Å². The number of hydrogen-bond acceptors (Lipinski definition) is 0. The molecule has 0 N–H and O–H groups in total. The Labute approximate surface area is 109 Å². The number of rotatable bonds is 1. The first kappa shape index (κ1) is 12.6. The number of hydrogen-bond donors (Lipinski definition) is 0. The van der Waals surface area contributed by atoms with Crippen LogP contribution in [0.1, 0.15) is 0 Å². The molecule has 0 atom stereocenters. The van der Waals surface area contributed by atoms with Crippen molar-refractivity contribution in [3.05, 3.63) is 42.6 Å². The average molecular weight is 329 g/mol. The number of para-hydroxylation sites is 1. The Morgan fingerprint density at radius 3 is 2.20 bits per heavy atom. The van der Waals surface area contributed by atoms with Gasteiger partial charge in [0.1, 0.15) is 6.20 Å². The summed E-state index contributed by atoms with van der Waals surface area (Å²) >= 11 is 0. The average Bonchev–Trinajstić information content (AvgIpc) is 2.15. The van der Waals surface area contributed by atoms with Crippen LogP contribution < -0.4 is 28.2 Å². The van der Waals surface area contributed by atoms with Crippen molar-refractivity contribution in [1.29, 1.82) is 0 Å². The molecule has 1 aromatic carbocycles. The standard InChI is InChI=1S/C12H16NSi.HI/c1-14(2,3)13-10-6-8-11-7-4-5-9-12(11)13;/h4-10H,1-3H3;1H/q+1;/p-1. The maximum absolute atomic E-state index is 2.45. The van der Waals surface area contributed by atoms with E-state index in [1.165, 1.54) is 10.9 Å². The normalized spacial score (nSPS) is 11.1. The van der Waals surface area contributed by atoms with Crippen LogP contribution in [0.15, 0.2) is 42.6 Å². The van der Waals surface area contributed by atoms with E-state index < -0.39 is 8.24 Å². The highest BCUT2D eigenvalue weighted by molar-refractivity contribution is 6.67. The van der Waals surface area contributed by atoms with Gasteiger partial charge in [0.05, 0.1) is 0 Å². The third kappa shape index (κ3) is 2.58. The maximum atomic E-state index is 2.45. The molecule has 0 saturated heterocycles. The number of benzene rings is 1. The van der Waals surface area contributed by atoms with Crippen LogP contribution in [-0.2, 0) is 0 Å². The summed E-state index contributed by atoms with van der Waals surface area (Å²) in [6, 6.07) is 12.9. The van der Waals surface area contributed by atoms with Gasteiger partial charge in [0.2, 0.25) is 0 Å². The van der Waals surface area contributed by atoms with Crippen molar-refractivity contribution >= 4 is 19.1 Å². The van der Waals surface area contributed by atoms with Gasteiger partial charge in [-0.3, -0.25) is 4.23 Å². The van der Waals surface area contributed by atoms with Gasteiger partial charge in [-0.1, -0.05) is 12.1 Å². The highest BCUT2D eigenvalue weighted by Gasteiger charge is 2.28. The van der Waals surface area contributed by atoms with Gasteiger partial charge in [0, 0.05) is 17.5 Å². The van der Waals surface area contributed by atoms with Crippen molar-refractivity contribution in [2.24, 2.45) is 0 Å². The van der Waals surface area contributed by atoms with E-state index in [-0.39, 0.29) is 24.0 Å². The smallest absolute Gasteiger partial charge is 0.354 e. The van der Waals surface area contributed by atoms with Crippen molar-refractivity contribution in [3.63, 3.8) is 0 Å². The molecule has 0 fully saturated rings. The summed E-state index contributed by atoms with van der Waals surface area (Å²) in [4.78, 5) is 0. The summed E-state index contributed by atoms with van der Waals surface area (Å²) in [5.74, 6) is 0. The minimum atomic E-state index is -1.28. The van der Waals surface area contributed by atoms with Crippen molar-refractivity contribution in [3.8, 4) is 0 Å². The molecule has 3 heteroatoms. The summed E-state index contributed by atoms with van der Waals surface area (Å²) < 4.78 is 2.45. The summed E-state index contributed by atoms with van der Waals surface area (Å²) in [5, 5.41) is 1.33. The topological polar surface area (TPSA) is 3.88 Å². The van der Waals surface area contributed by atoms with Crippen LogP contribution in [-0.4, -0.2) is 8.24 Å². The quantitative estimate of drug-likeness (QED) is 0.505. The molecule has 2 rings (SSSR count). The van der Waals surface area contributed by atoms with E-state index in [1.807, 2.05) is 0 Å². The molecule has 0 bridgehead atoms. The van der Waals surface area contributed by atoms with Crippen LogP contribution in [0.3, 0.4) is 0 Å². The highest BCUT2D eigenvalue weighted by atomic mass is 127. The van der Waals surface area contributed by atoms with Gasteiger partial charge in [-0.05, 0) is 31.8 Å². The lowest BCUT2D eigenvalue weighted by atomic mass is 10.2. The molecular weight excluding hydrogens is 313 g/mol. The molecule has 80 valence electrons. The molecule has 0 amide bonds. The Hall–Kier alpha value is -0.423. The van der Waals surface area contributed by atoms with E-state index >= 15 is 0 Å². The van der Waals surface area contributed by atoms with Gasteiger partial charge in [0.15, 0.2) is 5.52 Å². The van der Waals surface area contributed by atoms with E-state index in [9.17, 15) is 0 Å². The summed E-state index contributed by atoms with van der Waals surface area (Å²) in [5.41, 5.74) is 1.36. The van der Waals surface area contributed by atoms with Crippen LogP contribution in [0.5, 0.6) is 0 Å². The second-order valence-corrected chi connectivity index (χ2v) is 9.43. The van der Waals surface area contributed by atoms with Crippen LogP contribution in [0.4, 0.5) is 0 Å². The number of nitrogens with zero attached hydrogens (tertiary/aromatic N) is 1. The molecule has 0 aliphatic rings. The van der Waals surface area contributed by atoms with Gasteiger partial charge in [0.25, 0.3) is 0 Å². The second-order valence-electron chi connectivity index (χ2n) is 4.61. The molecule has 0 radical (unpaired) electrons. The van der Waals surface area contributed by atoms with Crippen molar-refractivity contribution in [1.82, 2.24) is 0 Å². The summed E-state index contributed by atoms with van der Waals surface area (Å²) in [6.45, 7) is 7.08. The van der Waals surface area contributed by atoms with E-state index in [0.717, 1.165) is 0 Å². The van der Waals surface area contributed by atoms with Crippen LogP contribution in [0.25, 0.3) is 10.9 Å². The molecule has 0 aliphatic carbocycles. The number of aromatic nitrogens is 1. The van der Waals surface area contributed by atoms with E-state index in [2.05, 4.69) is 66.5 Å². The Morgan fingerprint density at radius 2 is 1.53 bits per heavy atom. The van der Waals surface area contributed by atoms with Crippen LogP contribution >= 0.6 is 0 Å². The number of pyridine rings is 1. The summed E-state index contributed by atoms with van der Waals surface area (Å²) in [7, 11) is -1.28. The summed E-state index contributed by atoms with van der Waals surface area (Å²) in [6.07, 6.45) is 2.20. The van der Waals surface area contributed by atoms with Crippen LogP contribution in [0, 0.1) is 0 Å². The van der Waals surface area contributed by atoms with Gasteiger partial charge in [-0.2, -0.15) is 0 Å². The lowest BCUT2D eigenvalue weighted by Gasteiger charge is -2.11. The number of fused-ring (bicyclic) bond motifs is 1. The SMILES string of the molecule is C[Si](C)(C)[n+]1cccc2ccccc21.[I-]. The first-order chi connectivity index (χ1) is 6.59. The highest BCUT2D eigenvalue weighted by Crippen LogP contribution is 2.10. The van der Waals surface area contributed by atoms with E-state index in [0.29, 0.717) is 0 Å². The zero-order valence-electron chi connectivity index (χ0n) is 9.37. The number of halogens is 1. The van der Waals surface area contributed by atoms with Crippen LogP contribution in [0.2, 0.25) is 19.6 Å². The predicted octanol–water partition coefficient (Wildman–Crippen LogP) is -0.186. The minimum absolute atomic E-state index is 0. The lowest BCUT2D eigenvalue weighted by Crippen LogP contribution is -3.00. The molecule has 0 saturated carbocycles. The van der Waals surface area contributed by atoms with E-state index in [4.69, 9.17) is 0 Å². The van der Waals surface area contributed by atoms with Gasteiger partial charge in [-0.15, -0.1) is 0 Å². The molecule has 2 aromatic rings. The predicted molar refractivity (Wildman–Crippen MR) is 62.9 cm³/mol. The molecule has 1 aromatic heterocycles. The first-order valence-corrected chi connectivity index (χ1v) is 8.44. The Morgan fingerprint density at radius 1 is 0.933 bits per heavy atom. The largest absolute Gasteiger partial charge is 1.00 e. The van der Waals surface area contributed by atoms with Gasteiger partial charge in [-0.25, -0.2) is 0 Å². The molecular formula is C12H16INSi.